The average molecular weight is 290 g/mol. The van der Waals surface area contributed by atoms with E-state index in [4.69, 9.17) is 11.5 Å². The Hall–Kier alpha value is -1.26. The van der Waals surface area contributed by atoms with Crippen LogP contribution in [0.3, 0.4) is 0 Å². The van der Waals surface area contributed by atoms with Crippen LogP contribution in [0.1, 0.15) is 6.92 Å². The minimum atomic E-state index is 0.481. The second-order valence-electron chi connectivity index (χ2n) is 4.32. The smallest absolute Gasteiger partial charge is 0.0452 e. The number of para-hydroxylation sites is 2. The van der Waals surface area contributed by atoms with Crippen molar-refractivity contribution in [1.29, 1.82) is 0 Å². The van der Waals surface area contributed by atoms with E-state index in [-0.39, 0.29) is 0 Å². The highest BCUT2D eigenvalue weighted by molar-refractivity contribution is 8.03. The van der Waals surface area contributed by atoms with Crippen LogP contribution in [-0.4, -0.2) is 11.0 Å². The van der Waals surface area contributed by atoms with Crippen LogP contribution in [0.25, 0.3) is 0 Å². The van der Waals surface area contributed by atoms with E-state index in [0.717, 1.165) is 26.9 Å². The lowest BCUT2D eigenvalue weighted by Gasteiger charge is -2.13. The molecule has 100 valence electrons. The van der Waals surface area contributed by atoms with Gasteiger partial charge in [0, 0.05) is 32.2 Å². The van der Waals surface area contributed by atoms with E-state index in [1.807, 2.05) is 48.2 Å². The molecule has 0 aliphatic rings. The molecule has 0 aliphatic carbocycles. The molecule has 0 amide bonds. The summed E-state index contributed by atoms with van der Waals surface area (Å²) >= 11 is 3.60. The minimum absolute atomic E-state index is 0.481. The topological polar surface area (TPSA) is 52.0 Å². The standard InChI is InChI=1S/C15H18N2S2/c1-11(19-15-9-5-3-7-13(15)17)10-18-14-8-4-2-6-12(14)16/h2-9,11H,10,16-17H2,1H3. The van der Waals surface area contributed by atoms with E-state index in [1.54, 1.807) is 11.8 Å². The molecule has 1 unspecified atom stereocenters. The van der Waals surface area contributed by atoms with Gasteiger partial charge in [-0.3, -0.25) is 0 Å². The molecule has 0 heterocycles. The molecule has 0 spiro atoms. The van der Waals surface area contributed by atoms with Gasteiger partial charge in [-0.1, -0.05) is 31.2 Å². The molecule has 0 radical (unpaired) electrons. The van der Waals surface area contributed by atoms with Crippen LogP contribution in [0.2, 0.25) is 0 Å². The van der Waals surface area contributed by atoms with Crippen molar-refractivity contribution in [3.8, 4) is 0 Å². The van der Waals surface area contributed by atoms with Gasteiger partial charge < -0.3 is 11.5 Å². The number of nitrogen functional groups attached to an aromatic ring is 2. The van der Waals surface area contributed by atoms with E-state index in [2.05, 4.69) is 19.1 Å². The summed E-state index contributed by atoms with van der Waals surface area (Å²) in [4.78, 5) is 2.30. The van der Waals surface area contributed by atoms with Crippen LogP contribution < -0.4 is 11.5 Å². The maximum Gasteiger partial charge on any atom is 0.0452 e. The maximum absolute atomic E-state index is 5.95. The van der Waals surface area contributed by atoms with Gasteiger partial charge in [-0.05, 0) is 24.3 Å². The van der Waals surface area contributed by atoms with Gasteiger partial charge in [-0.2, -0.15) is 0 Å². The Balaban J connectivity index is 1.90. The summed E-state index contributed by atoms with van der Waals surface area (Å²) in [5.41, 5.74) is 13.6. The summed E-state index contributed by atoms with van der Waals surface area (Å²) in [6.07, 6.45) is 0. The van der Waals surface area contributed by atoms with Crippen molar-refractivity contribution in [3.63, 3.8) is 0 Å². The van der Waals surface area contributed by atoms with Crippen LogP contribution in [0, 0.1) is 0 Å². The predicted molar refractivity (Wildman–Crippen MR) is 87.8 cm³/mol. The number of thioether (sulfide) groups is 2. The first-order chi connectivity index (χ1) is 9.16. The van der Waals surface area contributed by atoms with Crippen molar-refractivity contribution in [2.24, 2.45) is 0 Å². The second kappa shape index (κ2) is 6.78. The Kier molecular flexibility index (Phi) is 5.05. The SMILES string of the molecule is CC(CSc1ccccc1N)Sc1ccccc1N. The van der Waals surface area contributed by atoms with Gasteiger partial charge in [0.15, 0.2) is 0 Å². The number of benzene rings is 2. The van der Waals surface area contributed by atoms with E-state index in [9.17, 15) is 0 Å². The zero-order chi connectivity index (χ0) is 13.7. The highest BCUT2D eigenvalue weighted by Gasteiger charge is 2.08. The fourth-order valence-corrected chi connectivity index (χ4v) is 3.75. The summed E-state index contributed by atoms with van der Waals surface area (Å²) < 4.78 is 0. The largest absolute Gasteiger partial charge is 0.398 e. The van der Waals surface area contributed by atoms with Crippen LogP contribution in [-0.2, 0) is 0 Å². The first kappa shape index (κ1) is 14.2. The van der Waals surface area contributed by atoms with Crippen LogP contribution in [0.15, 0.2) is 58.3 Å². The lowest BCUT2D eigenvalue weighted by atomic mass is 10.3. The van der Waals surface area contributed by atoms with Gasteiger partial charge in [0.2, 0.25) is 0 Å². The zero-order valence-electron chi connectivity index (χ0n) is 10.9. The lowest BCUT2D eigenvalue weighted by Crippen LogP contribution is -2.01. The molecule has 0 aliphatic heterocycles. The van der Waals surface area contributed by atoms with E-state index < -0.39 is 0 Å². The molecular weight excluding hydrogens is 272 g/mol. The summed E-state index contributed by atoms with van der Waals surface area (Å²) in [5.74, 6) is 1.01. The van der Waals surface area contributed by atoms with Gasteiger partial charge in [-0.25, -0.2) is 0 Å². The van der Waals surface area contributed by atoms with Gasteiger partial charge in [-0.15, -0.1) is 23.5 Å². The summed E-state index contributed by atoms with van der Waals surface area (Å²) in [6, 6.07) is 16.0. The van der Waals surface area contributed by atoms with Crippen LogP contribution in [0.4, 0.5) is 11.4 Å². The first-order valence-corrected chi connectivity index (χ1v) is 8.02. The Morgan fingerprint density at radius 2 is 1.42 bits per heavy atom. The van der Waals surface area contributed by atoms with Gasteiger partial charge in [0.25, 0.3) is 0 Å². The molecule has 1 atom stereocenters. The van der Waals surface area contributed by atoms with Crippen LogP contribution in [0.5, 0.6) is 0 Å². The summed E-state index contributed by atoms with van der Waals surface area (Å²) in [7, 11) is 0. The van der Waals surface area contributed by atoms with Gasteiger partial charge in [0.05, 0.1) is 0 Å². The molecule has 0 saturated carbocycles. The van der Waals surface area contributed by atoms with Crippen molar-refractivity contribution in [2.45, 2.75) is 22.0 Å². The molecule has 2 aromatic rings. The van der Waals surface area contributed by atoms with E-state index in [0.29, 0.717) is 5.25 Å². The number of hydrogen-bond donors (Lipinski definition) is 2. The number of rotatable bonds is 5. The summed E-state index contributed by atoms with van der Waals surface area (Å²) in [5, 5.41) is 0.481. The molecule has 2 nitrogen and oxygen atoms in total. The highest BCUT2D eigenvalue weighted by atomic mass is 32.2. The van der Waals surface area contributed by atoms with Crippen molar-refractivity contribution in [1.82, 2.24) is 0 Å². The molecule has 4 N–H and O–H groups in total. The van der Waals surface area contributed by atoms with Gasteiger partial charge in [0.1, 0.15) is 0 Å². The van der Waals surface area contributed by atoms with Crippen molar-refractivity contribution in [2.75, 3.05) is 17.2 Å². The lowest BCUT2D eigenvalue weighted by molar-refractivity contribution is 1.12. The molecule has 2 rings (SSSR count). The molecule has 0 bridgehead atoms. The molecule has 0 aromatic heterocycles. The van der Waals surface area contributed by atoms with Gasteiger partial charge >= 0.3 is 0 Å². The fraction of sp³-hybridized carbons (Fsp3) is 0.200. The highest BCUT2D eigenvalue weighted by Crippen LogP contribution is 2.33. The second-order valence-corrected chi connectivity index (χ2v) is 6.86. The van der Waals surface area contributed by atoms with E-state index >= 15 is 0 Å². The molecule has 0 fully saturated rings. The quantitative estimate of drug-likeness (QED) is 0.642. The monoisotopic (exact) mass is 290 g/mol. The van der Waals surface area contributed by atoms with Crippen LogP contribution >= 0.6 is 23.5 Å². The van der Waals surface area contributed by atoms with Crippen molar-refractivity contribution >= 4 is 34.9 Å². The molecular formula is C15H18N2S2. The predicted octanol–water partition coefficient (Wildman–Crippen LogP) is 4.12. The molecule has 0 saturated heterocycles. The Morgan fingerprint density at radius 1 is 0.895 bits per heavy atom. The molecule has 19 heavy (non-hydrogen) atoms. The Labute approximate surface area is 123 Å². The number of hydrogen-bond acceptors (Lipinski definition) is 4. The number of nitrogens with two attached hydrogens (primary N) is 2. The first-order valence-electron chi connectivity index (χ1n) is 6.15. The zero-order valence-corrected chi connectivity index (χ0v) is 12.5. The normalized spacial score (nSPS) is 12.3. The third-order valence-electron chi connectivity index (χ3n) is 2.64. The Bertz CT molecular complexity index is 543. The Morgan fingerprint density at radius 3 is 2.00 bits per heavy atom. The van der Waals surface area contributed by atoms with E-state index in [1.165, 1.54) is 0 Å². The summed E-state index contributed by atoms with van der Waals surface area (Å²) in [6.45, 7) is 2.21. The third-order valence-corrected chi connectivity index (χ3v) is 5.39. The molecule has 2 aromatic carbocycles. The number of anilines is 2. The third kappa shape index (κ3) is 4.11. The van der Waals surface area contributed by atoms with Crippen molar-refractivity contribution in [3.05, 3.63) is 48.5 Å². The fourth-order valence-electron chi connectivity index (χ4n) is 1.66. The van der Waals surface area contributed by atoms with Crippen molar-refractivity contribution < 1.29 is 0 Å². The molecule has 4 heteroatoms. The minimum Gasteiger partial charge on any atom is -0.398 e. The average Bonchev–Trinajstić information content (AvgIpc) is 2.40. The maximum atomic E-state index is 5.95.